The second-order valence-electron chi connectivity index (χ2n) is 6.41. The summed E-state index contributed by atoms with van der Waals surface area (Å²) < 4.78 is 5.36. The lowest BCUT2D eigenvalue weighted by molar-refractivity contribution is -0.119. The van der Waals surface area contributed by atoms with E-state index in [4.69, 9.17) is 4.74 Å². The van der Waals surface area contributed by atoms with Crippen LogP contribution in [0.5, 0.6) is 5.75 Å². The fraction of sp³-hybridized carbons (Fsp3) is 0.381. The van der Waals surface area contributed by atoms with E-state index in [-0.39, 0.29) is 11.8 Å². The number of methoxy groups -OCH3 is 1. The molecule has 0 spiro atoms. The minimum absolute atomic E-state index is 0.0262. The van der Waals surface area contributed by atoms with Crippen molar-refractivity contribution in [2.75, 3.05) is 12.4 Å². The maximum Gasteiger partial charge on any atom is 0.227 e. The lowest BCUT2D eigenvalue weighted by Crippen LogP contribution is -2.20. The van der Waals surface area contributed by atoms with Crippen LogP contribution in [-0.4, -0.2) is 13.0 Å². The molecule has 0 saturated carbocycles. The number of carbonyl (C=O) groups excluding carboxylic acids is 1. The Bertz CT molecular complexity index is 713. The van der Waals surface area contributed by atoms with Gasteiger partial charge in [0.15, 0.2) is 0 Å². The van der Waals surface area contributed by atoms with Crippen molar-refractivity contribution in [3.8, 4) is 5.75 Å². The summed E-state index contributed by atoms with van der Waals surface area (Å²) in [6.07, 6.45) is 0.840. The maximum atomic E-state index is 12.0. The second-order valence-corrected chi connectivity index (χ2v) is 6.41. The first-order valence-electron chi connectivity index (χ1n) is 8.77. The molecule has 0 aliphatic rings. The number of carbonyl (C=O) groups is 1. The van der Waals surface area contributed by atoms with Gasteiger partial charge in [0.1, 0.15) is 5.75 Å². The van der Waals surface area contributed by atoms with Gasteiger partial charge in [-0.3, -0.25) is 4.79 Å². The van der Waals surface area contributed by atoms with Crippen LogP contribution in [0, 0.1) is 12.8 Å². The van der Waals surface area contributed by atoms with E-state index in [2.05, 4.69) is 34.9 Å². The fourth-order valence-electron chi connectivity index (χ4n) is 2.54. The molecular weight excluding hydrogens is 312 g/mol. The van der Waals surface area contributed by atoms with Crippen LogP contribution in [-0.2, 0) is 17.9 Å². The Morgan fingerprint density at radius 1 is 1.12 bits per heavy atom. The molecule has 25 heavy (non-hydrogen) atoms. The second kappa shape index (κ2) is 9.23. The van der Waals surface area contributed by atoms with Gasteiger partial charge >= 0.3 is 0 Å². The highest BCUT2D eigenvalue weighted by Gasteiger charge is 2.10. The Morgan fingerprint density at radius 2 is 1.84 bits per heavy atom. The van der Waals surface area contributed by atoms with Gasteiger partial charge in [0.2, 0.25) is 5.91 Å². The topological polar surface area (TPSA) is 50.4 Å². The molecule has 0 saturated heterocycles. The number of hydrogen-bond donors (Lipinski definition) is 2. The zero-order chi connectivity index (χ0) is 18.2. The zero-order valence-electron chi connectivity index (χ0n) is 15.6. The molecule has 0 aromatic heterocycles. The van der Waals surface area contributed by atoms with Gasteiger partial charge in [0.05, 0.1) is 7.11 Å². The molecule has 0 aliphatic heterocycles. The van der Waals surface area contributed by atoms with E-state index >= 15 is 0 Å². The predicted octanol–water partition coefficient (Wildman–Crippen LogP) is 4.28. The van der Waals surface area contributed by atoms with Gasteiger partial charge < -0.3 is 15.4 Å². The molecule has 134 valence electrons. The highest BCUT2D eigenvalue weighted by molar-refractivity contribution is 5.92. The first-order valence-corrected chi connectivity index (χ1v) is 8.77. The highest BCUT2D eigenvalue weighted by atomic mass is 16.5. The summed E-state index contributed by atoms with van der Waals surface area (Å²) >= 11 is 0. The molecule has 4 heteroatoms. The van der Waals surface area contributed by atoms with Crippen LogP contribution >= 0.6 is 0 Å². The van der Waals surface area contributed by atoms with Crippen molar-refractivity contribution in [3.05, 3.63) is 59.2 Å². The third-order valence-corrected chi connectivity index (χ3v) is 4.39. The number of ether oxygens (including phenoxy) is 1. The average molecular weight is 340 g/mol. The number of benzene rings is 2. The van der Waals surface area contributed by atoms with E-state index in [0.717, 1.165) is 42.1 Å². The van der Waals surface area contributed by atoms with Crippen molar-refractivity contribution in [2.45, 2.75) is 40.3 Å². The molecule has 0 bridgehead atoms. The molecule has 2 rings (SSSR count). The Morgan fingerprint density at radius 3 is 2.52 bits per heavy atom. The molecular formula is C21H28N2O2. The SMILES string of the molecule is CCC(C)C(=O)Nc1cccc(CNCc2ccc(C)c(OC)c2)c1. The molecule has 4 nitrogen and oxygen atoms in total. The molecule has 2 N–H and O–H groups in total. The number of amides is 1. The monoisotopic (exact) mass is 340 g/mol. The molecule has 1 amide bonds. The number of aryl methyl sites for hydroxylation is 1. The summed E-state index contributed by atoms with van der Waals surface area (Å²) in [6, 6.07) is 14.2. The minimum Gasteiger partial charge on any atom is -0.496 e. The van der Waals surface area contributed by atoms with Gasteiger partial charge in [-0.1, -0.05) is 38.1 Å². The van der Waals surface area contributed by atoms with Crippen LogP contribution in [0.2, 0.25) is 0 Å². The van der Waals surface area contributed by atoms with Crippen molar-refractivity contribution < 1.29 is 9.53 Å². The van der Waals surface area contributed by atoms with Crippen LogP contribution in [0.3, 0.4) is 0 Å². The van der Waals surface area contributed by atoms with Crippen molar-refractivity contribution in [2.24, 2.45) is 5.92 Å². The largest absolute Gasteiger partial charge is 0.496 e. The van der Waals surface area contributed by atoms with E-state index in [9.17, 15) is 4.79 Å². The molecule has 0 radical (unpaired) electrons. The summed E-state index contributed by atoms with van der Waals surface area (Å²) in [6.45, 7) is 7.50. The van der Waals surface area contributed by atoms with E-state index in [1.54, 1.807) is 7.11 Å². The van der Waals surface area contributed by atoms with Crippen LogP contribution in [0.4, 0.5) is 5.69 Å². The molecule has 0 aliphatic carbocycles. The first-order chi connectivity index (χ1) is 12.0. The lowest BCUT2D eigenvalue weighted by Gasteiger charge is -2.12. The molecule has 2 aromatic carbocycles. The molecule has 0 fully saturated rings. The zero-order valence-corrected chi connectivity index (χ0v) is 15.6. The van der Waals surface area contributed by atoms with Crippen LogP contribution in [0.1, 0.15) is 37.0 Å². The smallest absolute Gasteiger partial charge is 0.227 e. The van der Waals surface area contributed by atoms with Gasteiger partial charge in [-0.05, 0) is 48.2 Å². The van der Waals surface area contributed by atoms with E-state index in [0.29, 0.717) is 0 Å². The van der Waals surface area contributed by atoms with Crippen molar-refractivity contribution in [1.29, 1.82) is 0 Å². The summed E-state index contributed by atoms with van der Waals surface area (Å²) in [4.78, 5) is 12.0. The van der Waals surface area contributed by atoms with E-state index in [1.165, 1.54) is 5.56 Å². The Hall–Kier alpha value is -2.33. The molecule has 0 heterocycles. The van der Waals surface area contributed by atoms with Crippen LogP contribution < -0.4 is 15.4 Å². The number of hydrogen-bond acceptors (Lipinski definition) is 3. The number of rotatable bonds is 8. The summed E-state index contributed by atoms with van der Waals surface area (Å²) in [5, 5.41) is 6.41. The van der Waals surface area contributed by atoms with Crippen molar-refractivity contribution >= 4 is 11.6 Å². The minimum atomic E-state index is 0.0262. The Balaban J connectivity index is 1.91. The standard InChI is InChI=1S/C21H28N2O2/c1-5-15(2)21(24)23-19-8-6-7-17(11-19)13-22-14-18-10-9-16(3)20(12-18)25-4/h6-12,15,22H,5,13-14H2,1-4H3,(H,23,24). The van der Waals surface area contributed by atoms with E-state index in [1.807, 2.05) is 39.0 Å². The predicted molar refractivity (Wildman–Crippen MR) is 103 cm³/mol. The van der Waals surface area contributed by atoms with Gasteiger partial charge in [0.25, 0.3) is 0 Å². The van der Waals surface area contributed by atoms with Crippen LogP contribution in [0.15, 0.2) is 42.5 Å². The highest BCUT2D eigenvalue weighted by Crippen LogP contribution is 2.19. The summed E-state index contributed by atoms with van der Waals surface area (Å²) in [5.74, 6) is 1.01. The molecule has 2 aromatic rings. The third-order valence-electron chi connectivity index (χ3n) is 4.39. The van der Waals surface area contributed by atoms with Gasteiger partial charge in [-0.15, -0.1) is 0 Å². The van der Waals surface area contributed by atoms with Crippen LogP contribution in [0.25, 0.3) is 0 Å². The molecule has 1 atom stereocenters. The fourth-order valence-corrected chi connectivity index (χ4v) is 2.54. The quantitative estimate of drug-likeness (QED) is 0.754. The van der Waals surface area contributed by atoms with Crippen molar-refractivity contribution in [1.82, 2.24) is 5.32 Å². The van der Waals surface area contributed by atoms with Gasteiger partial charge in [0, 0.05) is 24.7 Å². The number of nitrogens with one attached hydrogen (secondary N) is 2. The summed E-state index contributed by atoms with van der Waals surface area (Å²) in [7, 11) is 1.69. The number of anilines is 1. The van der Waals surface area contributed by atoms with E-state index < -0.39 is 0 Å². The summed E-state index contributed by atoms with van der Waals surface area (Å²) in [5.41, 5.74) is 4.31. The average Bonchev–Trinajstić information content (AvgIpc) is 2.62. The third kappa shape index (κ3) is 5.61. The maximum absolute atomic E-state index is 12.0. The first kappa shape index (κ1) is 19.0. The Labute approximate surface area is 150 Å². The van der Waals surface area contributed by atoms with Gasteiger partial charge in [-0.25, -0.2) is 0 Å². The van der Waals surface area contributed by atoms with Gasteiger partial charge in [-0.2, -0.15) is 0 Å². The lowest BCUT2D eigenvalue weighted by atomic mass is 10.1. The van der Waals surface area contributed by atoms with Crippen molar-refractivity contribution in [3.63, 3.8) is 0 Å². The normalized spacial score (nSPS) is 11.8. The Kier molecular flexibility index (Phi) is 7.02. The molecule has 1 unspecified atom stereocenters.